The number of carbonyl (C=O) groups is 2. The zero-order valence-electron chi connectivity index (χ0n) is 18.7. The molecule has 0 atom stereocenters. The first-order chi connectivity index (χ1) is 15.3. The summed E-state index contributed by atoms with van der Waals surface area (Å²) in [4.78, 5) is 25.5. The number of hydrogen-bond donors (Lipinski definition) is 0. The highest BCUT2D eigenvalue weighted by Crippen LogP contribution is 2.37. The second-order valence-electron chi connectivity index (χ2n) is 8.77. The summed E-state index contributed by atoms with van der Waals surface area (Å²) >= 11 is 6.28. The van der Waals surface area contributed by atoms with E-state index >= 15 is 0 Å². The van der Waals surface area contributed by atoms with Crippen molar-refractivity contribution in [2.24, 2.45) is 0 Å². The van der Waals surface area contributed by atoms with Gasteiger partial charge >= 0.3 is 5.97 Å². The van der Waals surface area contributed by atoms with Crippen molar-refractivity contribution in [3.63, 3.8) is 0 Å². The normalized spacial score (nSPS) is 20.5. The summed E-state index contributed by atoms with van der Waals surface area (Å²) in [5.41, 5.74) is 1.85. The van der Waals surface area contributed by atoms with Crippen LogP contribution in [0.1, 0.15) is 69.6 Å². The van der Waals surface area contributed by atoms with Crippen molar-refractivity contribution in [2.75, 3.05) is 6.61 Å². The Morgan fingerprint density at radius 1 is 1.16 bits per heavy atom. The molecular formula is C23H29ClN4O4. The molecule has 1 aliphatic heterocycles. The molecule has 172 valence electrons. The first kappa shape index (κ1) is 22.7. The van der Waals surface area contributed by atoms with E-state index in [1.807, 2.05) is 18.2 Å². The number of aromatic nitrogens is 3. The molecule has 2 aliphatic rings. The largest absolute Gasteiger partial charge is 0.456 e. The molecule has 0 saturated heterocycles. The van der Waals surface area contributed by atoms with E-state index in [0.29, 0.717) is 23.5 Å². The molecule has 9 heteroatoms. The van der Waals surface area contributed by atoms with Gasteiger partial charge in [-0.05, 0) is 63.3 Å². The van der Waals surface area contributed by atoms with Crippen LogP contribution in [0.5, 0.6) is 0 Å². The molecule has 1 fully saturated rings. The number of rotatable bonds is 5. The molecule has 1 amide bonds. The molecular weight excluding hydrogens is 432 g/mol. The van der Waals surface area contributed by atoms with Gasteiger partial charge in [0.2, 0.25) is 0 Å². The zero-order valence-corrected chi connectivity index (χ0v) is 19.5. The van der Waals surface area contributed by atoms with Gasteiger partial charge in [-0.15, -0.1) is 10.2 Å². The maximum absolute atomic E-state index is 12.7. The molecule has 8 nitrogen and oxygen atoms in total. The molecule has 1 aliphatic carbocycles. The predicted octanol–water partition coefficient (Wildman–Crippen LogP) is 3.78. The molecule has 2 heterocycles. The van der Waals surface area contributed by atoms with Crippen LogP contribution in [0.15, 0.2) is 18.2 Å². The number of nitrogens with zero attached hydrogens (tertiary/aromatic N) is 4. The number of amides is 1. The van der Waals surface area contributed by atoms with Crippen molar-refractivity contribution < 1.29 is 19.1 Å². The lowest BCUT2D eigenvalue weighted by molar-refractivity contribution is -0.150. The lowest BCUT2D eigenvalue weighted by Gasteiger charge is -2.29. The van der Waals surface area contributed by atoms with Gasteiger partial charge < -0.3 is 14.4 Å². The lowest BCUT2D eigenvalue weighted by atomic mass is 9.86. The van der Waals surface area contributed by atoms with Crippen molar-refractivity contribution >= 4 is 23.5 Å². The Kier molecular flexibility index (Phi) is 6.81. The van der Waals surface area contributed by atoms with Crippen LogP contribution in [0.3, 0.4) is 0 Å². The van der Waals surface area contributed by atoms with Gasteiger partial charge in [0, 0.05) is 24.4 Å². The summed E-state index contributed by atoms with van der Waals surface area (Å²) in [6.07, 6.45) is 4.46. The summed E-state index contributed by atoms with van der Waals surface area (Å²) in [5, 5.41) is 9.61. The van der Waals surface area contributed by atoms with Crippen LogP contribution in [-0.2, 0) is 32.2 Å². The van der Waals surface area contributed by atoms with E-state index in [2.05, 4.69) is 28.6 Å². The fourth-order valence-electron chi connectivity index (χ4n) is 4.56. The van der Waals surface area contributed by atoms with Crippen LogP contribution in [0.2, 0.25) is 5.02 Å². The summed E-state index contributed by atoms with van der Waals surface area (Å²) in [7, 11) is 0. The predicted molar refractivity (Wildman–Crippen MR) is 118 cm³/mol. The van der Waals surface area contributed by atoms with Crippen molar-refractivity contribution in [3.05, 3.63) is 40.4 Å². The number of ether oxygens (including phenoxy) is 2. The summed E-state index contributed by atoms with van der Waals surface area (Å²) in [6.45, 7) is 5.77. The molecule has 0 bridgehead atoms. The Morgan fingerprint density at radius 3 is 2.59 bits per heavy atom. The van der Waals surface area contributed by atoms with E-state index < -0.39 is 5.97 Å². The second-order valence-corrected chi connectivity index (χ2v) is 9.21. The third kappa shape index (κ3) is 4.96. The standard InChI is InChI=1S/C23H29ClN4O4/c1-14(2)32-19-7-4-16(5-8-19)23-26-25-21-12-27(22(30)13-31-15(3)29)11-17-10-18(24)6-9-20(17)28(21)23/h6,9-10,14,16,19H,4-5,7-8,11-13H2,1-3H3/t16-,19-. The van der Waals surface area contributed by atoms with E-state index in [9.17, 15) is 9.59 Å². The maximum Gasteiger partial charge on any atom is 0.303 e. The van der Waals surface area contributed by atoms with Gasteiger partial charge in [-0.1, -0.05) is 11.6 Å². The number of carbonyl (C=O) groups excluding carboxylic acids is 2. The van der Waals surface area contributed by atoms with Gasteiger partial charge in [-0.25, -0.2) is 0 Å². The minimum Gasteiger partial charge on any atom is -0.456 e. The van der Waals surface area contributed by atoms with Gasteiger partial charge in [0.25, 0.3) is 5.91 Å². The number of esters is 1. The minimum absolute atomic E-state index is 0.230. The van der Waals surface area contributed by atoms with E-state index in [4.69, 9.17) is 21.1 Å². The molecule has 2 aromatic rings. The van der Waals surface area contributed by atoms with E-state index in [1.165, 1.54) is 6.92 Å². The third-order valence-electron chi connectivity index (χ3n) is 5.99. The SMILES string of the molecule is CC(=O)OCC(=O)N1Cc2cc(Cl)ccc2-n2c(nnc2[C@H]2CC[C@H](OC(C)C)CC2)C1. The average molecular weight is 461 g/mol. The van der Waals surface area contributed by atoms with Crippen LogP contribution in [-0.4, -0.2) is 50.4 Å². The van der Waals surface area contributed by atoms with Crippen molar-refractivity contribution in [3.8, 4) is 5.69 Å². The number of benzene rings is 1. The molecule has 0 radical (unpaired) electrons. The van der Waals surface area contributed by atoms with Gasteiger partial charge in [-0.3, -0.25) is 14.2 Å². The quantitative estimate of drug-likeness (QED) is 0.631. The van der Waals surface area contributed by atoms with Gasteiger partial charge in [0.15, 0.2) is 12.4 Å². The Morgan fingerprint density at radius 2 is 1.91 bits per heavy atom. The molecule has 1 aromatic carbocycles. The molecule has 1 saturated carbocycles. The van der Waals surface area contributed by atoms with Crippen molar-refractivity contribution in [1.29, 1.82) is 0 Å². The number of halogens is 1. The molecule has 4 rings (SSSR count). The zero-order chi connectivity index (χ0) is 22.8. The highest BCUT2D eigenvalue weighted by molar-refractivity contribution is 6.30. The number of fused-ring (bicyclic) bond motifs is 3. The minimum atomic E-state index is -0.487. The summed E-state index contributed by atoms with van der Waals surface area (Å²) < 4.78 is 13.0. The van der Waals surface area contributed by atoms with Crippen LogP contribution >= 0.6 is 11.6 Å². The summed E-state index contributed by atoms with van der Waals surface area (Å²) in [5.74, 6) is 1.11. The molecule has 0 unspecified atom stereocenters. The molecule has 32 heavy (non-hydrogen) atoms. The van der Waals surface area contributed by atoms with Crippen molar-refractivity contribution in [2.45, 2.75) is 77.7 Å². The molecule has 0 spiro atoms. The van der Waals surface area contributed by atoms with Gasteiger partial charge in [-0.2, -0.15) is 0 Å². The van der Waals surface area contributed by atoms with Crippen LogP contribution < -0.4 is 0 Å². The van der Waals surface area contributed by atoms with E-state index in [-0.39, 0.29) is 31.1 Å². The number of hydrogen-bond acceptors (Lipinski definition) is 6. The highest BCUT2D eigenvalue weighted by atomic mass is 35.5. The van der Waals surface area contributed by atoms with Crippen LogP contribution in [0.25, 0.3) is 5.69 Å². The smallest absolute Gasteiger partial charge is 0.303 e. The highest BCUT2D eigenvalue weighted by Gasteiger charge is 2.32. The average Bonchev–Trinajstić information content (AvgIpc) is 3.07. The lowest BCUT2D eigenvalue weighted by Crippen LogP contribution is -2.33. The Balaban J connectivity index is 1.63. The second kappa shape index (κ2) is 9.58. The fraction of sp³-hybridized carbons (Fsp3) is 0.565. The van der Waals surface area contributed by atoms with Gasteiger partial charge in [0.1, 0.15) is 5.82 Å². The monoisotopic (exact) mass is 460 g/mol. The van der Waals surface area contributed by atoms with Gasteiger partial charge in [0.05, 0.1) is 24.4 Å². The molecule has 1 aromatic heterocycles. The fourth-order valence-corrected chi connectivity index (χ4v) is 4.76. The van der Waals surface area contributed by atoms with E-state index in [1.54, 1.807) is 4.90 Å². The van der Waals surface area contributed by atoms with Crippen molar-refractivity contribution in [1.82, 2.24) is 19.7 Å². The first-order valence-corrected chi connectivity index (χ1v) is 11.5. The third-order valence-corrected chi connectivity index (χ3v) is 6.22. The first-order valence-electron chi connectivity index (χ1n) is 11.1. The topological polar surface area (TPSA) is 86.6 Å². The Labute approximate surface area is 192 Å². The molecule has 0 N–H and O–H groups in total. The Hall–Kier alpha value is -2.45. The van der Waals surface area contributed by atoms with E-state index in [0.717, 1.165) is 42.8 Å². The van der Waals surface area contributed by atoms with Crippen LogP contribution in [0.4, 0.5) is 0 Å². The summed E-state index contributed by atoms with van der Waals surface area (Å²) in [6, 6.07) is 5.68. The maximum atomic E-state index is 12.7. The Bertz CT molecular complexity index is 998. The van der Waals surface area contributed by atoms with Crippen LogP contribution in [0, 0.1) is 0 Å².